The maximum absolute atomic E-state index is 6.36. The maximum atomic E-state index is 6.36. The average molecular weight is 368 g/mol. The van der Waals surface area contributed by atoms with Crippen molar-refractivity contribution in [3.63, 3.8) is 0 Å². The summed E-state index contributed by atoms with van der Waals surface area (Å²) in [6, 6.07) is 7.87. The van der Waals surface area contributed by atoms with Gasteiger partial charge in [-0.05, 0) is 39.4 Å². The number of aromatic nitrogens is 2. The predicted octanol–water partition coefficient (Wildman–Crippen LogP) is 2.66. The van der Waals surface area contributed by atoms with E-state index in [1.54, 1.807) is 0 Å². The summed E-state index contributed by atoms with van der Waals surface area (Å²) < 4.78 is 6.22. The van der Waals surface area contributed by atoms with Gasteiger partial charge in [-0.25, -0.2) is 4.99 Å². The summed E-state index contributed by atoms with van der Waals surface area (Å²) in [5.74, 6) is 1.44. The Hall–Kier alpha value is -2.67. The first-order valence-corrected chi connectivity index (χ1v) is 9.16. The summed E-state index contributed by atoms with van der Waals surface area (Å²) in [5, 5.41) is 8.44. The minimum Gasteiger partial charge on any atom is -0.487 e. The normalized spacial score (nSPS) is 18.0. The van der Waals surface area contributed by atoms with Gasteiger partial charge in [-0.3, -0.25) is 0 Å². The number of hydrogen-bond acceptors (Lipinski definition) is 7. The van der Waals surface area contributed by atoms with Crippen LogP contribution >= 0.6 is 0 Å². The summed E-state index contributed by atoms with van der Waals surface area (Å²) in [5.41, 5.74) is 10.1. The number of ether oxygens (including phenoxy) is 1. The molecule has 1 aromatic heterocycles. The average Bonchev–Trinajstić information content (AvgIpc) is 3.01. The lowest BCUT2D eigenvalue weighted by Crippen LogP contribution is -2.21. The lowest BCUT2D eigenvalue weighted by Gasteiger charge is -2.18. The first-order valence-electron chi connectivity index (χ1n) is 9.16. The number of hydrogen-bond donors (Lipinski definition) is 1. The van der Waals surface area contributed by atoms with Gasteiger partial charge in [-0.15, -0.1) is 5.10 Å². The first kappa shape index (κ1) is 19.1. The highest BCUT2D eigenvalue weighted by Gasteiger charge is 2.22. The van der Waals surface area contributed by atoms with Crippen LogP contribution in [0.25, 0.3) is 0 Å². The molecule has 1 atom stereocenters. The van der Waals surface area contributed by atoms with Crippen molar-refractivity contribution in [2.75, 3.05) is 44.9 Å². The molecule has 0 spiro atoms. The number of aryl methyl sites for hydroxylation is 1. The van der Waals surface area contributed by atoms with E-state index in [1.165, 1.54) is 0 Å². The molecule has 2 N–H and O–H groups in total. The van der Waals surface area contributed by atoms with Gasteiger partial charge >= 0.3 is 0 Å². The molecule has 0 radical (unpaired) electrons. The molecular formula is C20H28N6O. The van der Waals surface area contributed by atoms with E-state index in [0.717, 1.165) is 47.9 Å². The van der Waals surface area contributed by atoms with E-state index in [1.807, 2.05) is 57.1 Å². The molecule has 2 heterocycles. The molecule has 0 saturated carbocycles. The molecule has 144 valence electrons. The Balaban J connectivity index is 1.94. The van der Waals surface area contributed by atoms with E-state index in [9.17, 15) is 0 Å². The van der Waals surface area contributed by atoms with Gasteiger partial charge in [0, 0.05) is 38.5 Å². The third-order valence-corrected chi connectivity index (χ3v) is 4.75. The second-order valence-corrected chi connectivity index (χ2v) is 7.25. The zero-order chi connectivity index (χ0) is 19.6. The van der Waals surface area contributed by atoms with Gasteiger partial charge in [0.2, 0.25) is 0 Å². The highest BCUT2D eigenvalue weighted by Crippen LogP contribution is 2.32. The molecule has 0 aliphatic carbocycles. The number of nitrogens with zero attached hydrogens (tertiary/aromatic N) is 5. The van der Waals surface area contributed by atoms with Crippen molar-refractivity contribution in [1.29, 1.82) is 0 Å². The number of anilines is 2. The molecule has 7 nitrogen and oxygen atoms in total. The van der Waals surface area contributed by atoms with E-state index >= 15 is 0 Å². The molecule has 0 bridgehead atoms. The molecule has 1 saturated heterocycles. The summed E-state index contributed by atoms with van der Waals surface area (Å²) in [4.78, 5) is 8.95. The van der Waals surface area contributed by atoms with Gasteiger partial charge in [0.25, 0.3) is 0 Å². The van der Waals surface area contributed by atoms with Gasteiger partial charge in [0.15, 0.2) is 5.82 Å². The third-order valence-electron chi connectivity index (χ3n) is 4.75. The second kappa shape index (κ2) is 7.92. The number of likely N-dealkylation sites (N-methyl/N-ethyl adjacent to an activating group) is 1. The number of aliphatic imine (C=N–C) groups is 1. The Bertz CT molecular complexity index is 848. The van der Waals surface area contributed by atoms with Crippen LogP contribution in [0.15, 0.2) is 29.3 Å². The van der Waals surface area contributed by atoms with Crippen molar-refractivity contribution < 1.29 is 4.74 Å². The number of para-hydroxylation sites is 2. The molecule has 0 amide bonds. The predicted molar refractivity (Wildman–Crippen MR) is 110 cm³/mol. The molecule has 2 aromatic rings. The fourth-order valence-electron chi connectivity index (χ4n) is 3.38. The Morgan fingerprint density at radius 3 is 2.70 bits per heavy atom. The minimum atomic E-state index is 0.196. The minimum absolute atomic E-state index is 0.196. The number of rotatable bonds is 5. The van der Waals surface area contributed by atoms with Gasteiger partial charge in [-0.1, -0.05) is 12.1 Å². The van der Waals surface area contributed by atoms with E-state index in [0.29, 0.717) is 11.5 Å². The van der Waals surface area contributed by atoms with Crippen LogP contribution < -0.4 is 15.4 Å². The quantitative estimate of drug-likeness (QED) is 0.818. The van der Waals surface area contributed by atoms with Crippen molar-refractivity contribution in [3.8, 4) is 5.75 Å². The van der Waals surface area contributed by atoms with Crippen LogP contribution in [0.3, 0.4) is 0 Å². The number of likely N-dealkylation sites (tertiary alicyclic amines) is 1. The smallest absolute Gasteiger partial charge is 0.174 e. The molecular weight excluding hydrogens is 340 g/mol. The fraction of sp³-hybridized carbons (Fsp3) is 0.450. The largest absolute Gasteiger partial charge is 0.487 e. The SMILES string of the molecule is CC(=Nc1ccccc1OC1CCN(C)C1)c1c(C)nnc(N(C)C)c1N. The van der Waals surface area contributed by atoms with E-state index in [2.05, 4.69) is 22.1 Å². The van der Waals surface area contributed by atoms with Crippen molar-refractivity contribution >= 4 is 22.9 Å². The zero-order valence-electron chi connectivity index (χ0n) is 16.7. The summed E-state index contributed by atoms with van der Waals surface area (Å²) in [7, 11) is 5.91. The van der Waals surface area contributed by atoms with Gasteiger partial charge < -0.3 is 20.3 Å². The van der Waals surface area contributed by atoms with Crippen LogP contribution in [0.1, 0.15) is 24.6 Å². The lowest BCUT2D eigenvalue weighted by atomic mass is 10.1. The molecule has 1 aromatic carbocycles. The lowest BCUT2D eigenvalue weighted by molar-refractivity contribution is 0.209. The fourth-order valence-corrected chi connectivity index (χ4v) is 3.38. The molecule has 1 fully saturated rings. The first-order chi connectivity index (χ1) is 12.9. The molecule has 1 aliphatic heterocycles. The van der Waals surface area contributed by atoms with E-state index in [4.69, 9.17) is 15.5 Å². The molecule has 3 rings (SSSR count). The Morgan fingerprint density at radius 1 is 1.30 bits per heavy atom. The van der Waals surface area contributed by atoms with Crippen LogP contribution in [0.2, 0.25) is 0 Å². The maximum Gasteiger partial charge on any atom is 0.174 e. The molecule has 27 heavy (non-hydrogen) atoms. The summed E-state index contributed by atoms with van der Waals surface area (Å²) >= 11 is 0. The van der Waals surface area contributed by atoms with Crippen LogP contribution in [-0.2, 0) is 0 Å². The monoisotopic (exact) mass is 368 g/mol. The Kier molecular flexibility index (Phi) is 5.60. The van der Waals surface area contributed by atoms with Crippen LogP contribution in [0, 0.1) is 6.92 Å². The molecule has 1 aliphatic rings. The van der Waals surface area contributed by atoms with Gasteiger partial charge in [0.05, 0.1) is 11.4 Å². The molecule has 7 heteroatoms. The van der Waals surface area contributed by atoms with Crippen LogP contribution in [0.4, 0.5) is 17.2 Å². The summed E-state index contributed by atoms with van der Waals surface area (Å²) in [6.45, 7) is 5.83. The van der Waals surface area contributed by atoms with Crippen molar-refractivity contribution in [2.24, 2.45) is 4.99 Å². The van der Waals surface area contributed by atoms with E-state index < -0.39 is 0 Å². The highest BCUT2D eigenvalue weighted by atomic mass is 16.5. The van der Waals surface area contributed by atoms with E-state index in [-0.39, 0.29) is 6.10 Å². The topological polar surface area (TPSA) is 79.9 Å². The second-order valence-electron chi connectivity index (χ2n) is 7.25. The Labute approximate surface area is 160 Å². The van der Waals surface area contributed by atoms with Crippen molar-refractivity contribution in [3.05, 3.63) is 35.5 Å². The van der Waals surface area contributed by atoms with Crippen molar-refractivity contribution in [2.45, 2.75) is 26.4 Å². The highest BCUT2D eigenvalue weighted by molar-refractivity contribution is 6.07. The third kappa shape index (κ3) is 4.19. The molecule has 1 unspecified atom stereocenters. The van der Waals surface area contributed by atoms with Crippen LogP contribution in [0.5, 0.6) is 5.75 Å². The van der Waals surface area contributed by atoms with Gasteiger partial charge in [-0.2, -0.15) is 5.10 Å². The van der Waals surface area contributed by atoms with Crippen LogP contribution in [-0.4, -0.2) is 61.1 Å². The number of nitrogens with two attached hydrogens (primary N) is 1. The van der Waals surface area contributed by atoms with Crippen molar-refractivity contribution in [1.82, 2.24) is 15.1 Å². The number of nitrogen functional groups attached to an aromatic ring is 1. The summed E-state index contributed by atoms with van der Waals surface area (Å²) in [6.07, 6.45) is 1.22. The zero-order valence-corrected chi connectivity index (χ0v) is 16.7. The standard InChI is InChI=1S/C20H28N6O/c1-13(18-14(2)23-24-20(19(18)21)25(3)4)22-16-8-6-7-9-17(16)27-15-10-11-26(5)12-15/h6-9,15H,10-12H2,1-5H3,(H2,21,23). The number of benzene rings is 1. The van der Waals surface area contributed by atoms with Gasteiger partial charge in [0.1, 0.15) is 17.5 Å². The Morgan fingerprint density at radius 2 is 2.04 bits per heavy atom.